The highest BCUT2D eigenvalue weighted by Gasteiger charge is 2.16. The molecule has 1 heterocycles. The highest BCUT2D eigenvalue weighted by molar-refractivity contribution is 5.27. The minimum Gasteiger partial charge on any atom is -0.497 e. The average molecular weight is 250 g/mol. The van der Waals surface area contributed by atoms with Crippen LogP contribution in [-0.2, 0) is 6.54 Å². The zero-order valence-electron chi connectivity index (χ0n) is 11.0. The Morgan fingerprint density at radius 2 is 1.67 bits per heavy atom. The highest BCUT2D eigenvalue weighted by atomic mass is 16.5. The van der Waals surface area contributed by atoms with Crippen LogP contribution < -0.4 is 4.74 Å². The van der Waals surface area contributed by atoms with Crippen molar-refractivity contribution in [1.29, 1.82) is 0 Å². The number of hydrogen-bond donors (Lipinski definition) is 1. The Labute approximate surface area is 109 Å². The maximum atomic E-state index is 8.90. The Morgan fingerprint density at radius 1 is 1.06 bits per heavy atom. The Hall–Kier alpha value is -1.10. The Bertz CT molecular complexity index is 345. The molecule has 0 aliphatic carbocycles. The quantitative estimate of drug-likeness (QED) is 0.839. The number of nitrogens with zero attached hydrogens (tertiary/aromatic N) is 2. The smallest absolute Gasteiger partial charge is 0.118 e. The summed E-state index contributed by atoms with van der Waals surface area (Å²) < 4.78 is 5.16. The van der Waals surface area contributed by atoms with E-state index in [0.717, 1.165) is 45.0 Å². The molecule has 1 N–H and O–H groups in total. The molecule has 1 aliphatic rings. The van der Waals surface area contributed by atoms with Gasteiger partial charge >= 0.3 is 0 Å². The molecule has 100 valence electrons. The third-order valence-corrected chi connectivity index (χ3v) is 3.45. The highest BCUT2D eigenvalue weighted by Crippen LogP contribution is 2.14. The SMILES string of the molecule is COc1ccc(CN2CCN(CCO)CC2)cc1. The fourth-order valence-corrected chi connectivity index (χ4v) is 2.30. The third kappa shape index (κ3) is 3.70. The Balaban J connectivity index is 1.80. The zero-order valence-corrected chi connectivity index (χ0v) is 11.0. The minimum absolute atomic E-state index is 0.262. The molecule has 4 nitrogen and oxygen atoms in total. The number of aliphatic hydroxyl groups is 1. The van der Waals surface area contributed by atoms with Gasteiger partial charge in [-0.2, -0.15) is 0 Å². The first-order valence-corrected chi connectivity index (χ1v) is 6.50. The first kappa shape index (κ1) is 13.3. The topological polar surface area (TPSA) is 35.9 Å². The van der Waals surface area contributed by atoms with E-state index in [1.54, 1.807) is 7.11 Å². The second-order valence-corrected chi connectivity index (χ2v) is 4.69. The molecule has 18 heavy (non-hydrogen) atoms. The van der Waals surface area contributed by atoms with Crippen molar-refractivity contribution in [3.05, 3.63) is 29.8 Å². The molecule has 1 aromatic carbocycles. The molecule has 0 unspecified atom stereocenters. The van der Waals surface area contributed by atoms with E-state index in [9.17, 15) is 0 Å². The van der Waals surface area contributed by atoms with Crippen LogP contribution in [0.3, 0.4) is 0 Å². The molecule has 2 rings (SSSR count). The zero-order chi connectivity index (χ0) is 12.8. The molecule has 4 heteroatoms. The summed E-state index contributed by atoms with van der Waals surface area (Å²) in [6.45, 7) is 6.32. The standard InChI is InChI=1S/C14H22N2O2/c1-18-14-4-2-13(3-5-14)12-16-8-6-15(7-9-16)10-11-17/h2-5,17H,6-12H2,1H3. The lowest BCUT2D eigenvalue weighted by Crippen LogP contribution is -2.46. The largest absolute Gasteiger partial charge is 0.497 e. The molecular formula is C14H22N2O2. The predicted molar refractivity (Wildman–Crippen MR) is 71.8 cm³/mol. The van der Waals surface area contributed by atoms with E-state index in [1.165, 1.54) is 5.56 Å². The summed E-state index contributed by atoms with van der Waals surface area (Å²) in [5.74, 6) is 0.909. The van der Waals surface area contributed by atoms with E-state index in [1.807, 2.05) is 12.1 Å². The number of piperazine rings is 1. The van der Waals surface area contributed by atoms with E-state index in [0.29, 0.717) is 0 Å². The maximum Gasteiger partial charge on any atom is 0.118 e. The number of β-amino-alcohol motifs (C(OH)–C–C–N with tert-alkyl or cyclic N) is 1. The fraction of sp³-hybridized carbons (Fsp3) is 0.571. The summed E-state index contributed by atoms with van der Waals surface area (Å²) in [6.07, 6.45) is 0. The molecule has 1 saturated heterocycles. The first-order valence-electron chi connectivity index (χ1n) is 6.50. The number of ether oxygens (including phenoxy) is 1. The summed E-state index contributed by atoms with van der Waals surface area (Å²) in [7, 11) is 1.69. The molecule has 0 spiro atoms. The average Bonchev–Trinajstić information content (AvgIpc) is 2.42. The molecule has 0 bridgehead atoms. The lowest BCUT2D eigenvalue weighted by molar-refractivity contribution is 0.108. The maximum absolute atomic E-state index is 8.90. The molecule has 0 amide bonds. The van der Waals surface area contributed by atoms with E-state index in [4.69, 9.17) is 9.84 Å². The van der Waals surface area contributed by atoms with Crippen LogP contribution in [0.15, 0.2) is 24.3 Å². The predicted octanol–water partition coefficient (Wildman–Crippen LogP) is 0.805. The number of methoxy groups -OCH3 is 1. The van der Waals surface area contributed by atoms with Crippen LogP contribution in [0.4, 0.5) is 0 Å². The number of hydrogen-bond acceptors (Lipinski definition) is 4. The van der Waals surface area contributed by atoms with E-state index in [2.05, 4.69) is 21.9 Å². The number of aliphatic hydroxyl groups excluding tert-OH is 1. The van der Waals surface area contributed by atoms with Crippen LogP contribution in [0.1, 0.15) is 5.56 Å². The van der Waals surface area contributed by atoms with Crippen molar-refractivity contribution in [3.8, 4) is 5.75 Å². The van der Waals surface area contributed by atoms with Crippen molar-refractivity contribution in [1.82, 2.24) is 9.80 Å². The Morgan fingerprint density at radius 3 is 2.22 bits per heavy atom. The number of benzene rings is 1. The minimum atomic E-state index is 0.262. The normalized spacial score (nSPS) is 17.9. The van der Waals surface area contributed by atoms with Gasteiger partial charge in [0.05, 0.1) is 13.7 Å². The molecular weight excluding hydrogens is 228 g/mol. The van der Waals surface area contributed by atoms with Crippen LogP contribution in [0.25, 0.3) is 0 Å². The molecule has 0 atom stereocenters. The Kier molecular flexibility index (Phi) is 4.99. The van der Waals surface area contributed by atoms with Crippen LogP contribution in [0.2, 0.25) is 0 Å². The van der Waals surface area contributed by atoms with Crippen molar-refractivity contribution in [2.24, 2.45) is 0 Å². The summed E-state index contributed by atoms with van der Waals surface area (Å²) in [4.78, 5) is 4.76. The van der Waals surface area contributed by atoms with Crippen molar-refractivity contribution in [3.63, 3.8) is 0 Å². The molecule has 0 saturated carbocycles. The van der Waals surface area contributed by atoms with Gasteiger partial charge in [0.1, 0.15) is 5.75 Å². The molecule has 1 aromatic rings. The van der Waals surface area contributed by atoms with Crippen molar-refractivity contribution < 1.29 is 9.84 Å². The van der Waals surface area contributed by atoms with Gasteiger partial charge in [-0.1, -0.05) is 12.1 Å². The van der Waals surface area contributed by atoms with E-state index in [-0.39, 0.29) is 6.61 Å². The van der Waals surface area contributed by atoms with Gasteiger partial charge in [0.2, 0.25) is 0 Å². The van der Waals surface area contributed by atoms with Gasteiger partial charge in [-0.05, 0) is 17.7 Å². The van der Waals surface area contributed by atoms with Gasteiger partial charge in [0, 0.05) is 39.3 Å². The van der Waals surface area contributed by atoms with Crippen molar-refractivity contribution in [2.45, 2.75) is 6.54 Å². The van der Waals surface area contributed by atoms with Crippen molar-refractivity contribution in [2.75, 3.05) is 46.4 Å². The number of rotatable bonds is 5. The molecule has 0 aromatic heterocycles. The van der Waals surface area contributed by atoms with E-state index < -0.39 is 0 Å². The second-order valence-electron chi connectivity index (χ2n) is 4.69. The molecule has 0 radical (unpaired) electrons. The van der Waals surface area contributed by atoms with E-state index >= 15 is 0 Å². The van der Waals surface area contributed by atoms with Gasteiger partial charge in [-0.25, -0.2) is 0 Å². The summed E-state index contributed by atoms with van der Waals surface area (Å²) in [6, 6.07) is 8.27. The van der Waals surface area contributed by atoms with Gasteiger partial charge in [0.25, 0.3) is 0 Å². The summed E-state index contributed by atoms with van der Waals surface area (Å²) in [5, 5.41) is 8.90. The van der Waals surface area contributed by atoms with Crippen LogP contribution in [0.5, 0.6) is 5.75 Å². The second kappa shape index (κ2) is 6.73. The van der Waals surface area contributed by atoms with Gasteiger partial charge in [0.15, 0.2) is 0 Å². The molecule has 1 aliphatic heterocycles. The molecule has 1 fully saturated rings. The van der Waals surface area contributed by atoms with Gasteiger partial charge in [-0.15, -0.1) is 0 Å². The van der Waals surface area contributed by atoms with Gasteiger partial charge in [-0.3, -0.25) is 9.80 Å². The summed E-state index contributed by atoms with van der Waals surface area (Å²) in [5.41, 5.74) is 1.33. The monoisotopic (exact) mass is 250 g/mol. The van der Waals surface area contributed by atoms with Crippen molar-refractivity contribution >= 4 is 0 Å². The summed E-state index contributed by atoms with van der Waals surface area (Å²) >= 11 is 0. The lowest BCUT2D eigenvalue weighted by atomic mass is 10.2. The van der Waals surface area contributed by atoms with Gasteiger partial charge < -0.3 is 9.84 Å². The van der Waals surface area contributed by atoms with Crippen LogP contribution in [0, 0.1) is 0 Å². The van der Waals surface area contributed by atoms with Crippen LogP contribution in [-0.4, -0.2) is 61.3 Å². The van der Waals surface area contributed by atoms with Crippen LogP contribution >= 0.6 is 0 Å². The lowest BCUT2D eigenvalue weighted by Gasteiger charge is -2.34. The first-order chi connectivity index (χ1) is 8.81. The fourth-order valence-electron chi connectivity index (χ4n) is 2.30. The third-order valence-electron chi connectivity index (χ3n) is 3.45.